The van der Waals surface area contributed by atoms with Crippen LogP contribution in [0.1, 0.15) is 24.2 Å². The molecular formula is C24H22N4O3. The Balaban J connectivity index is 1.41. The lowest BCUT2D eigenvalue weighted by atomic mass is 10.1. The Hall–Kier alpha value is -4.00. The summed E-state index contributed by atoms with van der Waals surface area (Å²) < 4.78 is 7.36. The van der Waals surface area contributed by atoms with Crippen LogP contribution in [0.4, 0.5) is 0 Å². The zero-order valence-corrected chi connectivity index (χ0v) is 17.1. The lowest BCUT2D eigenvalue weighted by molar-refractivity contribution is -0.122. The number of hydrogen-bond donors (Lipinski definition) is 1. The van der Waals surface area contributed by atoms with Crippen molar-refractivity contribution in [2.24, 2.45) is 0 Å². The summed E-state index contributed by atoms with van der Waals surface area (Å²) in [6, 6.07) is 20.2. The molecule has 0 fully saturated rings. The van der Waals surface area contributed by atoms with Crippen LogP contribution >= 0.6 is 0 Å². The minimum atomic E-state index is -0.225. The van der Waals surface area contributed by atoms with Gasteiger partial charge in [0.15, 0.2) is 0 Å². The van der Waals surface area contributed by atoms with Gasteiger partial charge in [-0.05, 0) is 48.9 Å². The number of aromatic nitrogens is 3. The lowest BCUT2D eigenvalue weighted by Crippen LogP contribution is -2.31. The number of nitrogens with one attached hydrogen (secondary N) is 1. The van der Waals surface area contributed by atoms with Crippen LogP contribution in [0.15, 0.2) is 83.9 Å². The van der Waals surface area contributed by atoms with Gasteiger partial charge in [-0.15, -0.1) is 0 Å². The van der Waals surface area contributed by atoms with Gasteiger partial charge in [0, 0.05) is 11.6 Å². The molecule has 1 unspecified atom stereocenters. The summed E-state index contributed by atoms with van der Waals surface area (Å²) in [6.07, 6.45) is 2.97. The molecule has 0 aliphatic rings. The summed E-state index contributed by atoms with van der Waals surface area (Å²) >= 11 is 0. The van der Waals surface area contributed by atoms with Crippen LogP contribution < -0.4 is 15.5 Å². The molecular weight excluding hydrogens is 392 g/mol. The van der Waals surface area contributed by atoms with Gasteiger partial charge in [0.05, 0.1) is 23.4 Å². The van der Waals surface area contributed by atoms with E-state index in [-0.39, 0.29) is 23.9 Å². The average molecular weight is 414 g/mol. The predicted molar refractivity (Wildman–Crippen MR) is 118 cm³/mol. The second-order valence-electron chi connectivity index (χ2n) is 7.16. The Kier molecular flexibility index (Phi) is 6.03. The summed E-state index contributed by atoms with van der Waals surface area (Å²) in [5, 5.41) is 7.63. The van der Waals surface area contributed by atoms with Gasteiger partial charge in [-0.3, -0.25) is 19.3 Å². The Morgan fingerprint density at radius 2 is 1.94 bits per heavy atom. The van der Waals surface area contributed by atoms with Crippen LogP contribution in [-0.4, -0.2) is 20.7 Å². The first-order valence-corrected chi connectivity index (χ1v) is 9.97. The highest BCUT2D eigenvalue weighted by Crippen LogP contribution is 2.20. The molecule has 0 aliphatic heterocycles. The summed E-state index contributed by atoms with van der Waals surface area (Å²) in [7, 11) is 0. The molecule has 7 nitrogen and oxygen atoms in total. The Labute approximate surface area is 179 Å². The SMILES string of the molecule is CC(NC(=O)Cn1ncc(=O)c2ccccc21)c1cccc(OCc2ccccn2)c1. The molecule has 7 heteroatoms. The van der Waals surface area contributed by atoms with E-state index in [0.29, 0.717) is 23.3 Å². The van der Waals surface area contributed by atoms with Crippen LogP contribution in [0.2, 0.25) is 0 Å². The maximum absolute atomic E-state index is 12.6. The highest BCUT2D eigenvalue weighted by atomic mass is 16.5. The van der Waals surface area contributed by atoms with E-state index < -0.39 is 0 Å². The number of carbonyl (C=O) groups is 1. The van der Waals surface area contributed by atoms with Crippen molar-refractivity contribution in [2.75, 3.05) is 0 Å². The van der Waals surface area contributed by atoms with Gasteiger partial charge < -0.3 is 10.1 Å². The van der Waals surface area contributed by atoms with Crippen molar-refractivity contribution in [1.82, 2.24) is 20.1 Å². The van der Waals surface area contributed by atoms with Crippen molar-refractivity contribution in [1.29, 1.82) is 0 Å². The first kappa shape index (κ1) is 20.3. The number of fused-ring (bicyclic) bond motifs is 1. The van der Waals surface area contributed by atoms with E-state index in [9.17, 15) is 9.59 Å². The predicted octanol–water partition coefficient (Wildman–Crippen LogP) is 3.25. The number of nitrogens with zero attached hydrogens (tertiary/aromatic N) is 3. The maximum atomic E-state index is 12.6. The smallest absolute Gasteiger partial charge is 0.242 e. The van der Waals surface area contributed by atoms with E-state index in [1.165, 1.54) is 10.9 Å². The first-order chi connectivity index (χ1) is 15.1. The minimum absolute atomic E-state index is 0.0149. The average Bonchev–Trinajstić information content (AvgIpc) is 2.80. The molecule has 4 aromatic rings. The molecule has 4 rings (SSSR count). The molecule has 1 N–H and O–H groups in total. The highest BCUT2D eigenvalue weighted by Gasteiger charge is 2.13. The van der Waals surface area contributed by atoms with Crippen LogP contribution in [0.25, 0.3) is 10.9 Å². The van der Waals surface area contributed by atoms with Crippen LogP contribution in [0, 0.1) is 0 Å². The number of pyridine rings is 1. The third-order valence-electron chi connectivity index (χ3n) is 4.90. The fourth-order valence-corrected chi connectivity index (χ4v) is 3.31. The number of rotatable bonds is 7. The number of para-hydroxylation sites is 1. The van der Waals surface area contributed by atoms with Gasteiger partial charge in [-0.2, -0.15) is 5.10 Å². The van der Waals surface area contributed by atoms with E-state index >= 15 is 0 Å². The zero-order valence-electron chi connectivity index (χ0n) is 17.1. The Morgan fingerprint density at radius 3 is 2.77 bits per heavy atom. The zero-order chi connectivity index (χ0) is 21.6. The van der Waals surface area contributed by atoms with Crippen molar-refractivity contribution < 1.29 is 9.53 Å². The molecule has 2 aromatic carbocycles. The number of benzene rings is 2. The molecule has 0 radical (unpaired) electrons. The van der Waals surface area contributed by atoms with Crippen molar-refractivity contribution >= 4 is 16.8 Å². The number of amides is 1. The molecule has 0 aliphatic carbocycles. The quantitative estimate of drug-likeness (QED) is 0.502. The number of carbonyl (C=O) groups excluding carboxylic acids is 1. The Morgan fingerprint density at radius 1 is 1.10 bits per heavy atom. The number of ether oxygens (including phenoxy) is 1. The fourth-order valence-electron chi connectivity index (χ4n) is 3.31. The van der Waals surface area contributed by atoms with Crippen LogP contribution in [0.3, 0.4) is 0 Å². The van der Waals surface area contributed by atoms with Crippen molar-refractivity contribution in [3.63, 3.8) is 0 Å². The van der Waals surface area contributed by atoms with Crippen molar-refractivity contribution in [3.05, 3.63) is 101 Å². The minimum Gasteiger partial charge on any atom is -0.487 e. The van der Waals surface area contributed by atoms with Gasteiger partial charge in [-0.1, -0.05) is 30.3 Å². The van der Waals surface area contributed by atoms with Gasteiger partial charge in [0.25, 0.3) is 0 Å². The summed E-state index contributed by atoms with van der Waals surface area (Å²) in [5.41, 5.74) is 2.23. The van der Waals surface area contributed by atoms with E-state index in [2.05, 4.69) is 15.4 Å². The van der Waals surface area contributed by atoms with Crippen LogP contribution in [-0.2, 0) is 17.9 Å². The van der Waals surface area contributed by atoms with E-state index in [0.717, 1.165) is 11.3 Å². The normalized spacial score (nSPS) is 11.8. The fraction of sp³-hybridized carbons (Fsp3) is 0.167. The molecule has 1 amide bonds. The molecule has 31 heavy (non-hydrogen) atoms. The van der Waals surface area contributed by atoms with E-state index in [1.807, 2.05) is 55.5 Å². The Bertz CT molecular complexity index is 1250. The largest absolute Gasteiger partial charge is 0.487 e. The maximum Gasteiger partial charge on any atom is 0.242 e. The molecule has 1 atom stereocenters. The molecule has 0 bridgehead atoms. The standard InChI is InChI=1S/C24H22N4O3/c1-17(18-7-6-9-20(13-18)31-16-19-8-4-5-12-25-19)27-24(30)15-28-22-11-3-2-10-21(22)23(29)14-26-28/h2-14,17H,15-16H2,1H3,(H,27,30). The van der Waals surface area contributed by atoms with Crippen LogP contribution in [0.5, 0.6) is 5.75 Å². The van der Waals surface area contributed by atoms with Crippen molar-refractivity contribution in [2.45, 2.75) is 26.1 Å². The molecule has 0 saturated carbocycles. The molecule has 0 saturated heterocycles. The lowest BCUT2D eigenvalue weighted by Gasteiger charge is -2.16. The van der Waals surface area contributed by atoms with Gasteiger partial charge >= 0.3 is 0 Å². The molecule has 2 aromatic heterocycles. The summed E-state index contributed by atoms with van der Waals surface area (Å²) in [6.45, 7) is 2.30. The molecule has 0 spiro atoms. The number of hydrogen-bond acceptors (Lipinski definition) is 5. The summed E-state index contributed by atoms with van der Waals surface area (Å²) in [4.78, 5) is 28.8. The van der Waals surface area contributed by atoms with Gasteiger partial charge in [-0.25, -0.2) is 0 Å². The van der Waals surface area contributed by atoms with Crippen molar-refractivity contribution in [3.8, 4) is 5.75 Å². The monoisotopic (exact) mass is 414 g/mol. The van der Waals surface area contributed by atoms with E-state index in [1.54, 1.807) is 24.4 Å². The topological polar surface area (TPSA) is 86.1 Å². The van der Waals surface area contributed by atoms with Gasteiger partial charge in [0.2, 0.25) is 11.3 Å². The second kappa shape index (κ2) is 9.21. The molecule has 156 valence electrons. The second-order valence-corrected chi connectivity index (χ2v) is 7.16. The molecule has 2 heterocycles. The van der Waals surface area contributed by atoms with E-state index in [4.69, 9.17) is 4.74 Å². The third kappa shape index (κ3) is 4.95. The van der Waals surface area contributed by atoms with Gasteiger partial charge in [0.1, 0.15) is 18.9 Å². The first-order valence-electron chi connectivity index (χ1n) is 9.97. The summed E-state index contributed by atoms with van der Waals surface area (Å²) in [5.74, 6) is 0.505. The third-order valence-corrected chi connectivity index (χ3v) is 4.90. The highest BCUT2D eigenvalue weighted by molar-refractivity contribution is 5.81.